The number of rotatable bonds is 7. The third-order valence-corrected chi connectivity index (χ3v) is 2.40. The summed E-state index contributed by atoms with van der Waals surface area (Å²) in [6.07, 6.45) is 0.228. The van der Waals surface area contributed by atoms with Crippen LogP contribution in [0.15, 0.2) is 12.1 Å². The summed E-state index contributed by atoms with van der Waals surface area (Å²) in [5.74, 6) is 0.854. The van der Waals surface area contributed by atoms with Crippen molar-refractivity contribution in [3.63, 3.8) is 0 Å². The second-order valence-corrected chi connectivity index (χ2v) is 4.04. The fourth-order valence-electron chi connectivity index (χ4n) is 1.66. The van der Waals surface area contributed by atoms with E-state index >= 15 is 0 Å². The largest absolute Gasteiger partial charge is 0.497 e. The van der Waals surface area contributed by atoms with E-state index in [9.17, 15) is 0 Å². The molecule has 0 aliphatic rings. The maximum Gasteiger partial charge on any atom is 0.122 e. The standard InChI is InChI=1S/C13H22N2O2/c1-5-17-11(3)8-14-9-12-7-13(16-4)6-10(2)15-12/h6-7,11,14H,5,8-9H2,1-4H3. The third-order valence-electron chi connectivity index (χ3n) is 2.40. The van der Waals surface area contributed by atoms with Crippen LogP contribution < -0.4 is 10.1 Å². The van der Waals surface area contributed by atoms with E-state index in [1.54, 1.807) is 7.11 Å². The summed E-state index contributed by atoms with van der Waals surface area (Å²) in [6, 6.07) is 3.87. The number of aryl methyl sites for hydroxylation is 1. The lowest BCUT2D eigenvalue weighted by molar-refractivity contribution is 0.0759. The Balaban J connectivity index is 2.43. The van der Waals surface area contributed by atoms with E-state index in [2.05, 4.69) is 17.2 Å². The summed E-state index contributed by atoms with van der Waals surface area (Å²) in [4.78, 5) is 4.44. The highest BCUT2D eigenvalue weighted by molar-refractivity contribution is 5.26. The van der Waals surface area contributed by atoms with Crippen molar-refractivity contribution in [1.29, 1.82) is 0 Å². The van der Waals surface area contributed by atoms with Gasteiger partial charge in [0.1, 0.15) is 5.75 Å². The highest BCUT2D eigenvalue weighted by Gasteiger charge is 2.03. The normalized spacial score (nSPS) is 12.5. The molecular formula is C13H22N2O2. The van der Waals surface area contributed by atoms with Gasteiger partial charge in [-0.25, -0.2) is 0 Å². The number of methoxy groups -OCH3 is 1. The molecule has 1 rings (SSSR count). The van der Waals surface area contributed by atoms with Crippen LogP contribution in [-0.2, 0) is 11.3 Å². The number of pyridine rings is 1. The smallest absolute Gasteiger partial charge is 0.122 e. The zero-order chi connectivity index (χ0) is 12.7. The number of nitrogens with one attached hydrogen (secondary N) is 1. The number of hydrogen-bond acceptors (Lipinski definition) is 4. The predicted molar refractivity (Wildman–Crippen MR) is 68.3 cm³/mol. The average molecular weight is 238 g/mol. The van der Waals surface area contributed by atoms with Crippen molar-refractivity contribution in [1.82, 2.24) is 10.3 Å². The zero-order valence-electron chi connectivity index (χ0n) is 11.1. The maximum atomic E-state index is 5.44. The number of ether oxygens (including phenoxy) is 2. The lowest BCUT2D eigenvalue weighted by Crippen LogP contribution is -2.26. The molecule has 0 spiro atoms. The molecule has 0 aromatic carbocycles. The molecule has 0 saturated heterocycles. The van der Waals surface area contributed by atoms with Gasteiger partial charge in [0, 0.05) is 37.5 Å². The molecule has 4 nitrogen and oxygen atoms in total. The Kier molecular flexibility index (Phi) is 5.94. The van der Waals surface area contributed by atoms with Gasteiger partial charge in [0.25, 0.3) is 0 Å². The predicted octanol–water partition coefficient (Wildman–Crippen LogP) is 1.91. The van der Waals surface area contributed by atoms with Gasteiger partial charge in [-0.05, 0) is 20.8 Å². The van der Waals surface area contributed by atoms with Gasteiger partial charge in [-0.3, -0.25) is 4.98 Å². The Hall–Kier alpha value is -1.13. The Morgan fingerprint density at radius 3 is 2.82 bits per heavy atom. The van der Waals surface area contributed by atoms with Crippen molar-refractivity contribution in [2.24, 2.45) is 0 Å². The second kappa shape index (κ2) is 7.25. The van der Waals surface area contributed by atoms with Crippen molar-refractivity contribution in [3.8, 4) is 5.75 Å². The van der Waals surface area contributed by atoms with Crippen molar-refractivity contribution in [2.75, 3.05) is 20.3 Å². The van der Waals surface area contributed by atoms with E-state index in [-0.39, 0.29) is 6.10 Å². The van der Waals surface area contributed by atoms with Gasteiger partial charge in [0.05, 0.1) is 18.9 Å². The molecular weight excluding hydrogens is 216 g/mol. The number of aromatic nitrogens is 1. The zero-order valence-corrected chi connectivity index (χ0v) is 11.1. The maximum absolute atomic E-state index is 5.44. The molecule has 1 aromatic rings. The van der Waals surface area contributed by atoms with Crippen LogP contribution in [-0.4, -0.2) is 31.3 Å². The van der Waals surface area contributed by atoms with Crippen LogP contribution in [0.25, 0.3) is 0 Å². The minimum absolute atomic E-state index is 0.228. The lowest BCUT2D eigenvalue weighted by Gasteiger charge is -2.12. The van der Waals surface area contributed by atoms with Crippen LogP contribution in [0.3, 0.4) is 0 Å². The summed E-state index contributed by atoms with van der Waals surface area (Å²) < 4.78 is 10.6. The molecule has 0 saturated carbocycles. The van der Waals surface area contributed by atoms with Gasteiger partial charge in [-0.1, -0.05) is 0 Å². The first-order valence-electron chi connectivity index (χ1n) is 5.99. The molecule has 96 valence electrons. The van der Waals surface area contributed by atoms with Crippen molar-refractivity contribution < 1.29 is 9.47 Å². The minimum Gasteiger partial charge on any atom is -0.497 e. The fraction of sp³-hybridized carbons (Fsp3) is 0.615. The van der Waals surface area contributed by atoms with Crippen LogP contribution in [0.5, 0.6) is 5.75 Å². The Bertz CT molecular complexity index is 342. The molecule has 17 heavy (non-hydrogen) atoms. The van der Waals surface area contributed by atoms with E-state index in [0.29, 0.717) is 0 Å². The third kappa shape index (κ3) is 5.15. The summed E-state index contributed by atoms with van der Waals surface area (Å²) in [5, 5.41) is 3.32. The minimum atomic E-state index is 0.228. The van der Waals surface area contributed by atoms with E-state index < -0.39 is 0 Å². The average Bonchev–Trinajstić information content (AvgIpc) is 2.28. The van der Waals surface area contributed by atoms with Crippen LogP contribution in [0.1, 0.15) is 25.2 Å². The van der Waals surface area contributed by atoms with Crippen LogP contribution in [0, 0.1) is 6.92 Å². The number of hydrogen-bond donors (Lipinski definition) is 1. The second-order valence-electron chi connectivity index (χ2n) is 4.04. The van der Waals surface area contributed by atoms with E-state index in [4.69, 9.17) is 9.47 Å². The topological polar surface area (TPSA) is 43.4 Å². The van der Waals surface area contributed by atoms with E-state index in [1.807, 2.05) is 26.0 Å². The lowest BCUT2D eigenvalue weighted by atomic mass is 10.3. The van der Waals surface area contributed by atoms with Crippen LogP contribution >= 0.6 is 0 Å². The highest BCUT2D eigenvalue weighted by atomic mass is 16.5. The van der Waals surface area contributed by atoms with Crippen molar-refractivity contribution in [3.05, 3.63) is 23.5 Å². The Morgan fingerprint density at radius 1 is 1.41 bits per heavy atom. The van der Waals surface area contributed by atoms with Gasteiger partial charge in [-0.2, -0.15) is 0 Å². The fourth-order valence-corrected chi connectivity index (χ4v) is 1.66. The summed E-state index contributed by atoms with van der Waals surface area (Å²) in [5.41, 5.74) is 1.96. The Labute approximate surface area is 103 Å². The SMILES string of the molecule is CCOC(C)CNCc1cc(OC)cc(C)n1. The summed E-state index contributed by atoms with van der Waals surface area (Å²) in [6.45, 7) is 8.33. The van der Waals surface area contributed by atoms with Gasteiger partial charge in [0.2, 0.25) is 0 Å². The number of nitrogens with zero attached hydrogens (tertiary/aromatic N) is 1. The van der Waals surface area contributed by atoms with E-state index in [1.165, 1.54) is 0 Å². The first kappa shape index (κ1) is 13.9. The van der Waals surface area contributed by atoms with Crippen molar-refractivity contribution >= 4 is 0 Å². The molecule has 0 bridgehead atoms. The summed E-state index contributed by atoms with van der Waals surface area (Å²) in [7, 11) is 1.67. The molecule has 0 aliphatic carbocycles. The van der Waals surface area contributed by atoms with Gasteiger partial charge in [0.15, 0.2) is 0 Å². The molecule has 1 N–H and O–H groups in total. The van der Waals surface area contributed by atoms with Crippen LogP contribution in [0.4, 0.5) is 0 Å². The van der Waals surface area contributed by atoms with Gasteiger partial charge >= 0.3 is 0 Å². The van der Waals surface area contributed by atoms with E-state index in [0.717, 1.165) is 36.8 Å². The van der Waals surface area contributed by atoms with Gasteiger partial charge < -0.3 is 14.8 Å². The quantitative estimate of drug-likeness (QED) is 0.788. The molecule has 1 unspecified atom stereocenters. The molecule has 1 heterocycles. The van der Waals surface area contributed by atoms with Crippen LogP contribution in [0.2, 0.25) is 0 Å². The molecule has 0 fully saturated rings. The first-order valence-corrected chi connectivity index (χ1v) is 5.99. The Morgan fingerprint density at radius 2 is 2.18 bits per heavy atom. The molecule has 1 atom stereocenters. The molecule has 0 amide bonds. The summed E-state index contributed by atoms with van der Waals surface area (Å²) >= 11 is 0. The monoisotopic (exact) mass is 238 g/mol. The molecule has 1 aromatic heterocycles. The molecule has 0 aliphatic heterocycles. The molecule has 4 heteroatoms. The first-order chi connectivity index (χ1) is 8.15. The van der Waals surface area contributed by atoms with Crippen molar-refractivity contribution in [2.45, 2.75) is 33.4 Å². The van der Waals surface area contributed by atoms with Gasteiger partial charge in [-0.15, -0.1) is 0 Å². The highest BCUT2D eigenvalue weighted by Crippen LogP contribution is 2.12. The molecule has 0 radical (unpaired) electrons.